The molecule has 0 bridgehead atoms. The summed E-state index contributed by atoms with van der Waals surface area (Å²) in [6.07, 6.45) is 0.0382. The van der Waals surface area contributed by atoms with Crippen molar-refractivity contribution in [2.75, 3.05) is 6.61 Å². The molecule has 0 spiro atoms. The summed E-state index contributed by atoms with van der Waals surface area (Å²) < 4.78 is 18.4. The number of rotatable bonds is 5. The van der Waals surface area contributed by atoms with Crippen LogP contribution in [0.5, 0.6) is 5.75 Å². The van der Waals surface area contributed by atoms with Crippen LogP contribution < -0.4 is 16.2 Å². The standard InChI is InChI=1S/C10H11FN2O2S/c11-7-5-6(10(13)16)1-2-8(7)15-4-3-9(12)14/h1-2,5H,3-4H2,(H2,12,14)(H2,13,16). The number of halogens is 1. The summed E-state index contributed by atoms with van der Waals surface area (Å²) in [5.74, 6) is -1.03. The van der Waals surface area contributed by atoms with E-state index in [2.05, 4.69) is 0 Å². The minimum atomic E-state index is -0.574. The van der Waals surface area contributed by atoms with E-state index in [1.54, 1.807) is 6.07 Å². The van der Waals surface area contributed by atoms with Gasteiger partial charge in [-0.25, -0.2) is 4.39 Å². The zero-order valence-corrected chi connectivity index (χ0v) is 9.22. The van der Waals surface area contributed by atoms with E-state index in [4.69, 9.17) is 28.4 Å². The summed E-state index contributed by atoms with van der Waals surface area (Å²) in [6.45, 7) is 0.0403. The van der Waals surface area contributed by atoms with Crippen molar-refractivity contribution in [2.24, 2.45) is 11.5 Å². The van der Waals surface area contributed by atoms with Gasteiger partial charge in [-0.3, -0.25) is 4.79 Å². The topological polar surface area (TPSA) is 78.3 Å². The van der Waals surface area contributed by atoms with Gasteiger partial charge >= 0.3 is 0 Å². The third-order valence-corrected chi connectivity index (χ3v) is 2.06. The first-order valence-electron chi connectivity index (χ1n) is 4.51. The summed E-state index contributed by atoms with van der Waals surface area (Å²) >= 11 is 4.70. The second-order valence-corrected chi connectivity index (χ2v) is 3.51. The minimum Gasteiger partial charge on any atom is -0.490 e. The molecule has 86 valence electrons. The van der Waals surface area contributed by atoms with E-state index in [9.17, 15) is 9.18 Å². The van der Waals surface area contributed by atoms with Crippen LogP contribution in [-0.2, 0) is 4.79 Å². The van der Waals surface area contributed by atoms with Crippen molar-refractivity contribution in [1.82, 2.24) is 0 Å². The molecule has 0 unspecified atom stereocenters. The summed E-state index contributed by atoms with van der Waals surface area (Å²) in [5.41, 5.74) is 10.7. The predicted molar refractivity (Wildman–Crippen MR) is 61.6 cm³/mol. The lowest BCUT2D eigenvalue weighted by molar-refractivity contribution is -0.118. The predicted octanol–water partition coefficient (Wildman–Crippen LogP) is 0.714. The molecule has 0 heterocycles. The molecule has 1 aromatic rings. The van der Waals surface area contributed by atoms with Crippen molar-refractivity contribution in [3.63, 3.8) is 0 Å². The molecule has 0 atom stereocenters. The van der Waals surface area contributed by atoms with E-state index in [0.29, 0.717) is 5.56 Å². The molecule has 0 fully saturated rings. The largest absolute Gasteiger partial charge is 0.490 e. The molecule has 4 N–H and O–H groups in total. The summed E-state index contributed by atoms with van der Waals surface area (Å²) in [4.78, 5) is 10.5. The quantitative estimate of drug-likeness (QED) is 0.745. The zero-order chi connectivity index (χ0) is 12.1. The summed E-state index contributed by atoms with van der Waals surface area (Å²) in [7, 11) is 0. The van der Waals surface area contributed by atoms with Gasteiger partial charge in [0.25, 0.3) is 0 Å². The van der Waals surface area contributed by atoms with Gasteiger partial charge in [0.1, 0.15) is 4.99 Å². The van der Waals surface area contributed by atoms with E-state index in [1.807, 2.05) is 0 Å². The number of amides is 1. The normalized spacial score (nSPS) is 9.81. The van der Waals surface area contributed by atoms with Crippen LogP contribution in [0.25, 0.3) is 0 Å². The highest BCUT2D eigenvalue weighted by atomic mass is 32.1. The van der Waals surface area contributed by atoms with Gasteiger partial charge in [-0.05, 0) is 18.2 Å². The number of hydrogen-bond acceptors (Lipinski definition) is 3. The van der Waals surface area contributed by atoms with Gasteiger partial charge < -0.3 is 16.2 Å². The lowest BCUT2D eigenvalue weighted by Crippen LogP contribution is -2.15. The van der Waals surface area contributed by atoms with Crippen LogP contribution in [0.3, 0.4) is 0 Å². The van der Waals surface area contributed by atoms with Gasteiger partial charge in [0, 0.05) is 5.56 Å². The third-order valence-electron chi connectivity index (χ3n) is 1.82. The van der Waals surface area contributed by atoms with Crippen molar-refractivity contribution in [3.8, 4) is 5.75 Å². The fourth-order valence-electron chi connectivity index (χ4n) is 1.03. The lowest BCUT2D eigenvalue weighted by atomic mass is 10.2. The maximum atomic E-state index is 13.4. The summed E-state index contributed by atoms with van der Waals surface area (Å²) in [6, 6.07) is 4.14. The van der Waals surface area contributed by atoms with Gasteiger partial charge in [-0.2, -0.15) is 0 Å². The lowest BCUT2D eigenvalue weighted by Gasteiger charge is -2.07. The Balaban J connectivity index is 2.68. The van der Waals surface area contributed by atoms with E-state index in [0.717, 1.165) is 0 Å². The van der Waals surface area contributed by atoms with Gasteiger partial charge in [0.05, 0.1) is 13.0 Å². The van der Waals surface area contributed by atoms with Crippen LogP contribution in [0.15, 0.2) is 18.2 Å². The number of carbonyl (C=O) groups is 1. The molecule has 0 aliphatic heterocycles. The van der Waals surface area contributed by atoms with Crippen LogP contribution in [0.4, 0.5) is 4.39 Å². The van der Waals surface area contributed by atoms with Crippen LogP contribution in [0, 0.1) is 5.82 Å². The van der Waals surface area contributed by atoms with Crippen molar-refractivity contribution < 1.29 is 13.9 Å². The Hall–Kier alpha value is -1.69. The molecule has 1 rings (SSSR count). The van der Waals surface area contributed by atoms with Crippen LogP contribution in [0.1, 0.15) is 12.0 Å². The smallest absolute Gasteiger partial charge is 0.220 e. The number of carbonyl (C=O) groups excluding carboxylic acids is 1. The molecule has 1 aromatic carbocycles. The van der Waals surface area contributed by atoms with E-state index in [1.165, 1.54) is 12.1 Å². The fourth-order valence-corrected chi connectivity index (χ4v) is 1.16. The highest BCUT2D eigenvalue weighted by Gasteiger charge is 2.06. The monoisotopic (exact) mass is 242 g/mol. The zero-order valence-electron chi connectivity index (χ0n) is 8.40. The molecular weight excluding hydrogens is 231 g/mol. The summed E-state index contributed by atoms with van der Waals surface area (Å²) in [5, 5.41) is 0. The second-order valence-electron chi connectivity index (χ2n) is 3.07. The molecule has 0 aliphatic carbocycles. The Labute approximate surface area is 97.4 Å². The Morgan fingerprint density at radius 1 is 1.44 bits per heavy atom. The van der Waals surface area contributed by atoms with Crippen molar-refractivity contribution in [3.05, 3.63) is 29.6 Å². The molecular formula is C10H11FN2O2S. The van der Waals surface area contributed by atoms with Crippen LogP contribution >= 0.6 is 12.2 Å². The Kier molecular flexibility index (Phi) is 4.19. The number of primary amides is 1. The molecule has 0 aromatic heterocycles. The maximum Gasteiger partial charge on any atom is 0.220 e. The number of ether oxygens (including phenoxy) is 1. The van der Waals surface area contributed by atoms with Gasteiger partial charge in [-0.15, -0.1) is 0 Å². The molecule has 16 heavy (non-hydrogen) atoms. The minimum absolute atomic E-state index is 0.0382. The highest BCUT2D eigenvalue weighted by molar-refractivity contribution is 7.80. The molecule has 0 saturated carbocycles. The van der Waals surface area contributed by atoms with E-state index < -0.39 is 11.7 Å². The van der Waals surface area contributed by atoms with E-state index >= 15 is 0 Å². The SMILES string of the molecule is NC(=O)CCOc1ccc(C(N)=S)cc1F. The Morgan fingerprint density at radius 3 is 2.62 bits per heavy atom. The first-order chi connectivity index (χ1) is 7.50. The average molecular weight is 242 g/mol. The van der Waals surface area contributed by atoms with E-state index in [-0.39, 0.29) is 23.8 Å². The Morgan fingerprint density at radius 2 is 2.12 bits per heavy atom. The first kappa shape index (κ1) is 12.4. The molecule has 6 heteroatoms. The third kappa shape index (κ3) is 3.47. The number of thiocarbonyl (C=S) groups is 1. The molecule has 0 saturated heterocycles. The van der Waals surface area contributed by atoms with Crippen molar-refractivity contribution >= 4 is 23.1 Å². The van der Waals surface area contributed by atoms with Crippen molar-refractivity contribution in [2.45, 2.75) is 6.42 Å². The molecule has 0 radical (unpaired) electrons. The van der Waals surface area contributed by atoms with Gasteiger partial charge in [-0.1, -0.05) is 12.2 Å². The van der Waals surface area contributed by atoms with Gasteiger partial charge in [0.15, 0.2) is 11.6 Å². The Bertz CT molecular complexity index is 423. The maximum absolute atomic E-state index is 13.4. The number of benzene rings is 1. The number of nitrogens with two attached hydrogens (primary N) is 2. The highest BCUT2D eigenvalue weighted by Crippen LogP contribution is 2.18. The molecule has 4 nitrogen and oxygen atoms in total. The van der Waals surface area contributed by atoms with Crippen molar-refractivity contribution in [1.29, 1.82) is 0 Å². The second kappa shape index (κ2) is 5.41. The fraction of sp³-hybridized carbons (Fsp3) is 0.200. The van der Waals surface area contributed by atoms with Crippen LogP contribution in [-0.4, -0.2) is 17.5 Å². The van der Waals surface area contributed by atoms with Gasteiger partial charge in [0.2, 0.25) is 5.91 Å². The van der Waals surface area contributed by atoms with Crippen LogP contribution in [0.2, 0.25) is 0 Å². The number of hydrogen-bond donors (Lipinski definition) is 2. The first-order valence-corrected chi connectivity index (χ1v) is 4.92. The molecule has 0 aliphatic rings. The average Bonchev–Trinajstić information content (AvgIpc) is 2.19. The molecule has 1 amide bonds.